The molecule has 0 N–H and O–H groups in total. The van der Waals surface area contributed by atoms with Gasteiger partial charge in [-0.3, -0.25) is 0 Å². The van der Waals surface area contributed by atoms with Gasteiger partial charge in [-0.15, -0.1) is 13.2 Å². The first-order valence-corrected chi connectivity index (χ1v) is 4.63. The first kappa shape index (κ1) is 11.6. The van der Waals surface area contributed by atoms with Gasteiger partial charge in [-0.1, -0.05) is 12.1 Å². The largest absolute Gasteiger partial charge is 0.573 e. The van der Waals surface area contributed by atoms with Crippen LogP contribution in [0.5, 0.6) is 5.75 Å². The number of rotatable bonds is 2. The van der Waals surface area contributed by atoms with Crippen molar-refractivity contribution >= 4 is 25.3 Å². The van der Waals surface area contributed by atoms with Crippen LogP contribution in [0.15, 0.2) is 24.3 Å². The highest BCUT2D eigenvalue weighted by Gasteiger charge is 2.30. The second-order valence-corrected chi connectivity index (χ2v) is 3.93. The van der Waals surface area contributed by atoms with Crippen LogP contribution in [0, 0.1) is 0 Å². The minimum atomic E-state index is -4.65. The summed E-state index contributed by atoms with van der Waals surface area (Å²) in [4.78, 5) is 0. The van der Waals surface area contributed by atoms with E-state index in [9.17, 15) is 13.2 Å². The minimum Gasteiger partial charge on any atom is -0.406 e. The van der Waals surface area contributed by atoms with Crippen LogP contribution in [-0.2, 0) is 0 Å². The molecule has 0 saturated carbocycles. The highest BCUT2D eigenvalue weighted by molar-refractivity contribution is 7.98. The third-order valence-corrected chi connectivity index (χ3v) is 2.01. The van der Waals surface area contributed by atoms with Gasteiger partial charge in [0.05, 0.1) is 4.58 Å². The number of thiol groups is 2. The maximum Gasteiger partial charge on any atom is 0.573 e. The van der Waals surface area contributed by atoms with Gasteiger partial charge in [0.15, 0.2) is 0 Å². The van der Waals surface area contributed by atoms with Gasteiger partial charge in [-0.05, 0) is 17.7 Å². The summed E-state index contributed by atoms with van der Waals surface area (Å²) in [6.07, 6.45) is -4.65. The van der Waals surface area contributed by atoms with Crippen molar-refractivity contribution in [3.63, 3.8) is 0 Å². The van der Waals surface area contributed by atoms with Crippen LogP contribution in [0.2, 0.25) is 0 Å². The van der Waals surface area contributed by atoms with E-state index < -0.39 is 6.36 Å². The van der Waals surface area contributed by atoms with E-state index in [1.54, 1.807) is 0 Å². The van der Waals surface area contributed by atoms with Crippen LogP contribution < -0.4 is 4.74 Å². The van der Waals surface area contributed by atoms with E-state index in [1.807, 2.05) is 0 Å². The molecular weight excluding hydrogens is 233 g/mol. The van der Waals surface area contributed by atoms with Crippen LogP contribution in [0.1, 0.15) is 10.1 Å². The molecule has 0 aliphatic heterocycles. The molecule has 6 heteroatoms. The molecule has 0 atom stereocenters. The molecule has 1 rings (SSSR count). The lowest BCUT2D eigenvalue weighted by Crippen LogP contribution is -2.16. The van der Waals surface area contributed by atoms with Crippen molar-refractivity contribution in [3.05, 3.63) is 29.8 Å². The second kappa shape index (κ2) is 4.35. The van der Waals surface area contributed by atoms with Crippen molar-refractivity contribution in [3.8, 4) is 5.75 Å². The van der Waals surface area contributed by atoms with Gasteiger partial charge in [-0.25, -0.2) is 0 Å². The molecule has 0 fully saturated rings. The van der Waals surface area contributed by atoms with E-state index in [2.05, 4.69) is 30.0 Å². The summed E-state index contributed by atoms with van der Waals surface area (Å²) in [6, 6.07) is 5.40. The van der Waals surface area contributed by atoms with Crippen molar-refractivity contribution in [2.24, 2.45) is 0 Å². The third-order valence-electron chi connectivity index (χ3n) is 1.41. The molecule has 1 aromatic carbocycles. The normalized spacial score (nSPS) is 11.9. The van der Waals surface area contributed by atoms with E-state index in [0.717, 1.165) is 0 Å². The summed E-state index contributed by atoms with van der Waals surface area (Å²) in [5, 5.41) is 0. The van der Waals surface area contributed by atoms with Crippen molar-refractivity contribution in [2.45, 2.75) is 10.9 Å². The van der Waals surface area contributed by atoms with E-state index in [1.165, 1.54) is 24.3 Å². The molecule has 0 spiro atoms. The van der Waals surface area contributed by atoms with Crippen molar-refractivity contribution < 1.29 is 17.9 Å². The Morgan fingerprint density at radius 3 is 1.93 bits per heavy atom. The summed E-state index contributed by atoms with van der Waals surface area (Å²) >= 11 is 8.02. The van der Waals surface area contributed by atoms with Crippen LogP contribution in [-0.4, -0.2) is 6.36 Å². The van der Waals surface area contributed by atoms with Crippen LogP contribution in [0.4, 0.5) is 13.2 Å². The number of halogens is 3. The number of hydrogen-bond donors (Lipinski definition) is 2. The Hall–Kier alpha value is -0.490. The number of hydrogen-bond acceptors (Lipinski definition) is 3. The van der Waals surface area contributed by atoms with E-state index in [0.29, 0.717) is 5.56 Å². The van der Waals surface area contributed by atoms with Gasteiger partial charge in [-0.2, -0.15) is 25.3 Å². The molecule has 14 heavy (non-hydrogen) atoms. The molecule has 0 aliphatic carbocycles. The molecule has 0 amide bonds. The Balaban J connectivity index is 2.74. The first-order valence-electron chi connectivity index (χ1n) is 3.60. The maximum atomic E-state index is 11.7. The molecule has 0 heterocycles. The Labute approximate surface area is 90.1 Å². The SMILES string of the molecule is FC(F)(F)Oc1ccc(C(S)S)cc1. The zero-order valence-corrected chi connectivity index (χ0v) is 8.61. The van der Waals surface area contributed by atoms with Crippen molar-refractivity contribution in [1.82, 2.24) is 0 Å². The number of benzene rings is 1. The molecule has 0 radical (unpaired) electrons. The summed E-state index contributed by atoms with van der Waals surface area (Å²) in [5.41, 5.74) is 0.714. The lowest BCUT2D eigenvalue weighted by molar-refractivity contribution is -0.274. The smallest absolute Gasteiger partial charge is 0.406 e. The Morgan fingerprint density at radius 2 is 1.57 bits per heavy atom. The topological polar surface area (TPSA) is 9.23 Å². The lowest BCUT2D eigenvalue weighted by atomic mass is 10.2. The standard InChI is InChI=1S/C8H7F3OS2/c9-8(10,11)12-6-3-1-5(2-4-6)7(13)14/h1-4,7,13-14H. The molecule has 0 aromatic heterocycles. The predicted octanol–water partition coefficient (Wildman–Crippen LogP) is 3.44. The molecular formula is C8H7F3OS2. The quantitative estimate of drug-likeness (QED) is 0.594. The van der Waals surface area contributed by atoms with Crippen LogP contribution >= 0.6 is 25.3 Å². The fourth-order valence-corrected chi connectivity index (χ4v) is 1.19. The third kappa shape index (κ3) is 3.71. The maximum absolute atomic E-state index is 11.7. The van der Waals surface area contributed by atoms with Gasteiger partial charge in [0, 0.05) is 0 Å². The molecule has 78 valence electrons. The summed E-state index contributed by atoms with van der Waals surface area (Å²) in [7, 11) is 0. The molecule has 0 aliphatic rings. The Kier molecular flexibility index (Phi) is 3.60. The van der Waals surface area contributed by atoms with Crippen molar-refractivity contribution in [2.75, 3.05) is 0 Å². The summed E-state index contributed by atoms with van der Waals surface area (Å²) < 4.78 is 38.6. The Bertz CT molecular complexity index is 294. The molecule has 0 unspecified atom stereocenters. The molecule has 1 aromatic rings. The fourth-order valence-electron chi connectivity index (χ4n) is 0.842. The zero-order valence-electron chi connectivity index (χ0n) is 6.82. The van der Waals surface area contributed by atoms with E-state index in [-0.39, 0.29) is 10.3 Å². The van der Waals surface area contributed by atoms with Gasteiger partial charge < -0.3 is 4.74 Å². The monoisotopic (exact) mass is 240 g/mol. The highest BCUT2D eigenvalue weighted by Crippen LogP contribution is 2.27. The van der Waals surface area contributed by atoms with Gasteiger partial charge in [0.2, 0.25) is 0 Å². The van der Waals surface area contributed by atoms with E-state index in [4.69, 9.17) is 0 Å². The van der Waals surface area contributed by atoms with Gasteiger partial charge in [0.25, 0.3) is 0 Å². The van der Waals surface area contributed by atoms with Crippen LogP contribution in [0.25, 0.3) is 0 Å². The zero-order chi connectivity index (χ0) is 10.8. The highest BCUT2D eigenvalue weighted by atomic mass is 32.2. The van der Waals surface area contributed by atoms with Crippen LogP contribution in [0.3, 0.4) is 0 Å². The first-order chi connectivity index (χ1) is 6.38. The second-order valence-electron chi connectivity index (χ2n) is 2.49. The molecule has 0 saturated heterocycles. The average Bonchev–Trinajstić information content (AvgIpc) is 2.02. The molecule has 1 nitrogen and oxygen atoms in total. The average molecular weight is 240 g/mol. The summed E-state index contributed by atoms with van der Waals surface area (Å²) in [5.74, 6) is -0.247. The predicted molar refractivity (Wildman–Crippen MR) is 53.8 cm³/mol. The van der Waals surface area contributed by atoms with E-state index >= 15 is 0 Å². The Morgan fingerprint density at radius 1 is 1.07 bits per heavy atom. The van der Waals surface area contributed by atoms with Crippen molar-refractivity contribution in [1.29, 1.82) is 0 Å². The minimum absolute atomic E-state index is 0.247. The van der Waals surface area contributed by atoms with Gasteiger partial charge >= 0.3 is 6.36 Å². The molecule has 0 bridgehead atoms. The number of ether oxygens (including phenoxy) is 1. The summed E-state index contributed by atoms with van der Waals surface area (Å²) in [6.45, 7) is 0. The fraction of sp³-hybridized carbons (Fsp3) is 0.250. The lowest BCUT2D eigenvalue weighted by Gasteiger charge is -2.09. The number of alkyl halides is 3. The van der Waals surface area contributed by atoms with Gasteiger partial charge in [0.1, 0.15) is 5.75 Å².